The lowest BCUT2D eigenvalue weighted by molar-refractivity contribution is 0.603. The number of nitrogens with one attached hydrogen (secondary N) is 2. The highest BCUT2D eigenvalue weighted by Crippen LogP contribution is 2.30. The highest BCUT2D eigenvalue weighted by molar-refractivity contribution is 7.94. The van der Waals surface area contributed by atoms with E-state index in [1.165, 1.54) is 11.3 Å². The fourth-order valence-corrected chi connectivity index (χ4v) is 5.75. The lowest BCUT2D eigenvalue weighted by Crippen LogP contribution is -2.40. The molecule has 1 aliphatic rings. The van der Waals surface area contributed by atoms with Gasteiger partial charge in [0.25, 0.3) is 10.0 Å². The fraction of sp³-hybridized carbons (Fsp3) is 0.150. The second-order valence-electron chi connectivity index (χ2n) is 6.60. The standard InChI is InChI=1S/C20H19N3O2S3/c1-14-12-15-13-16(22-28(24,25)19-8-5-11-27-19)9-10-18(15)21-20(26)23(14)17-6-3-2-4-7-17/h2-11,13-14,22H,12H2,1H3,(H,21,26). The van der Waals surface area contributed by atoms with Crippen molar-refractivity contribution in [2.45, 2.75) is 23.6 Å². The van der Waals surface area contributed by atoms with E-state index in [-0.39, 0.29) is 6.04 Å². The lowest BCUT2D eigenvalue weighted by atomic mass is 10.0. The van der Waals surface area contributed by atoms with Gasteiger partial charge in [0.1, 0.15) is 4.21 Å². The Hall–Kier alpha value is -2.42. The second kappa shape index (κ2) is 7.54. The molecular formula is C20H19N3O2S3. The number of nitrogens with zero attached hydrogens (tertiary/aromatic N) is 1. The minimum absolute atomic E-state index is 0.118. The molecule has 1 unspecified atom stereocenters. The molecule has 5 nitrogen and oxygen atoms in total. The van der Waals surface area contributed by atoms with Gasteiger partial charge >= 0.3 is 0 Å². The van der Waals surface area contributed by atoms with Crippen LogP contribution in [0.3, 0.4) is 0 Å². The molecule has 0 saturated carbocycles. The van der Waals surface area contributed by atoms with Crippen LogP contribution in [0.5, 0.6) is 0 Å². The molecule has 28 heavy (non-hydrogen) atoms. The van der Waals surface area contributed by atoms with Gasteiger partial charge in [0.15, 0.2) is 5.11 Å². The summed E-state index contributed by atoms with van der Waals surface area (Å²) in [4.78, 5) is 2.09. The fourth-order valence-electron chi connectivity index (χ4n) is 3.32. The largest absolute Gasteiger partial charge is 0.332 e. The number of rotatable bonds is 4. The van der Waals surface area contributed by atoms with Gasteiger partial charge in [0.2, 0.25) is 0 Å². The van der Waals surface area contributed by atoms with E-state index in [2.05, 4.69) is 21.9 Å². The molecular weight excluding hydrogens is 410 g/mol. The van der Waals surface area contributed by atoms with Crippen LogP contribution in [-0.2, 0) is 16.4 Å². The first-order valence-electron chi connectivity index (χ1n) is 8.78. The topological polar surface area (TPSA) is 61.4 Å². The van der Waals surface area contributed by atoms with Gasteiger partial charge in [-0.3, -0.25) is 4.72 Å². The van der Waals surface area contributed by atoms with E-state index in [0.29, 0.717) is 15.0 Å². The summed E-state index contributed by atoms with van der Waals surface area (Å²) in [5.41, 5.74) is 3.48. The first-order valence-corrected chi connectivity index (χ1v) is 11.6. The van der Waals surface area contributed by atoms with Gasteiger partial charge in [-0.15, -0.1) is 11.3 Å². The molecule has 2 heterocycles. The smallest absolute Gasteiger partial charge is 0.271 e. The maximum atomic E-state index is 12.5. The molecule has 0 saturated heterocycles. The molecule has 0 amide bonds. The Morgan fingerprint density at radius 1 is 1.14 bits per heavy atom. The van der Waals surface area contributed by atoms with Crippen LogP contribution >= 0.6 is 23.6 Å². The Balaban J connectivity index is 1.62. The predicted octanol–water partition coefficient (Wildman–Crippen LogP) is 4.70. The molecule has 144 valence electrons. The third-order valence-corrected chi connectivity index (χ3v) is 7.65. The summed E-state index contributed by atoms with van der Waals surface area (Å²) < 4.78 is 28.0. The Labute approximate surface area is 174 Å². The summed E-state index contributed by atoms with van der Waals surface area (Å²) in [6, 6.07) is 18.9. The number of thiocarbonyl (C=S) groups is 1. The highest BCUT2D eigenvalue weighted by atomic mass is 32.2. The molecule has 1 aliphatic heterocycles. The van der Waals surface area contributed by atoms with E-state index in [9.17, 15) is 8.42 Å². The molecule has 1 atom stereocenters. The summed E-state index contributed by atoms with van der Waals surface area (Å²) in [6.45, 7) is 2.11. The van der Waals surface area contributed by atoms with E-state index in [0.717, 1.165) is 23.4 Å². The number of hydrogen-bond donors (Lipinski definition) is 2. The van der Waals surface area contributed by atoms with Crippen molar-refractivity contribution >= 4 is 55.8 Å². The van der Waals surface area contributed by atoms with E-state index < -0.39 is 10.0 Å². The molecule has 8 heteroatoms. The SMILES string of the molecule is CC1Cc2cc(NS(=O)(=O)c3cccs3)ccc2NC(=S)N1c1ccccc1. The Kier molecular flexibility index (Phi) is 5.09. The van der Waals surface area contributed by atoms with Gasteiger partial charge in [-0.1, -0.05) is 24.3 Å². The first-order chi connectivity index (χ1) is 13.4. The summed E-state index contributed by atoms with van der Waals surface area (Å²) in [7, 11) is -3.57. The highest BCUT2D eigenvalue weighted by Gasteiger charge is 2.25. The molecule has 2 N–H and O–H groups in total. The van der Waals surface area contributed by atoms with E-state index in [1.807, 2.05) is 42.5 Å². The summed E-state index contributed by atoms with van der Waals surface area (Å²) in [5.74, 6) is 0. The molecule has 2 aromatic carbocycles. The number of benzene rings is 2. The molecule has 3 aromatic rings. The van der Waals surface area contributed by atoms with Crippen molar-refractivity contribution in [1.82, 2.24) is 0 Å². The van der Waals surface area contributed by atoms with Gasteiger partial charge in [-0.2, -0.15) is 0 Å². The second-order valence-corrected chi connectivity index (χ2v) is 9.84. The summed E-state index contributed by atoms with van der Waals surface area (Å²) in [5, 5.41) is 5.68. The minimum atomic E-state index is -3.57. The van der Waals surface area contributed by atoms with Gasteiger partial charge in [-0.05, 0) is 72.9 Å². The van der Waals surface area contributed by atoms with Crippen LogP contribution in [0.25, 0.3) is 0 Å². The van der Waals surface area contributed by atoms with Crippen molar-refractivity contribution in [2.24, 2.45) is 0 Å². The van der Waals surface area contributed by atoms with Crippen LogP contribution in [0.1, 0.15) is 12.5 Å². The molecule has 1 aromatic heterocycles. The maximum Gasteiger partial charge on any atom is 0.271 e. The van der Waals surface area contributed by atoms with Crippen molar-refractivity contribution in [3.8, 4) is 0 Å². The third kappa shape index (κ3) is 3.76. The van der Waals surface area contributed by atoms with Gasteiger partial charge < -0.3 is 10.2 Å². The molecule has 4 rings (SSSR count). The van der Waals surface area contributed by atoms with Crippen molar-refractivity contribution in [3.05, 3.63) is 71.6 Å². The number of sulfonamides is 1. The maximum absolute atomic E-state index is 12.5. The minimum Gasteiger partial charge on any atom is -0.332 e. The van der Waals surface area contributed by atoms with Crippen molar-refractivity contribution in [3.63, 3.8) is 0 Å². The zero-order chi connectivity index (χ0) is 19.7. The van der Waals surface area contributed by atoms with Crippen LogP contribution in [0.2, 0.25) is 0 Å². The molecule has 0 bridgehead atoms. The van der Waals surface area contributed by atoms with Crippen LogP contribution < -0.4 is 14.9 Å². The lowest BCUT2D eigenvalue weighted by Gasteiger charge is -2.29. The molecule has 0 spiro atoms. The summed E-state index contributed by atoms with van der Waals surface area (Å²) >= 11 is 6.82. The number of thiophene rings is 1. The number of para-hydroxylation sites is 1. The van der Waals surface area contributed by atoms with E-state index >= 15 is 0 Å². The van der Waals surface area contributed by atoms with E-state index in [4.69, 9.17) is 12.2 Å². The average Bonchev–Trinajstić information content (AvgIpc) is 3.17. The molecule has 0 fully saturated rings. The normalized spacial score (nSPS) is 16.8. The monoisotopic (exact) mass is 429 g/mol. The first kappa shape index (κ1) is 18.9. The predicted molar refractivity (Wildman–Crippen MR) is 120 cm³/mol. The average molecular weight is 430 g/mol. The van der Waals surface area contributed by atoms with Crippen LogP contribution in [0, 0.1) is 0 Å². The third-order valence-electron chi connectivity index (χ3n) is 4.57. The van der Waals surface area contributed by atoms with Crippen LogP contribution in [0.4, 0.5) is 17.1 Å². The van der Waals surface area contributed by atoms with Crippen molar-refractivity contribution in [1.29, 1.82) is 0 Å². The number of hydrogen-bond acceptors (Lipinski definition) is 4. The Morgan fingerprint density at radius 3 is 2.64 bits per heavy atom. The van der Waals surface area contributed by atoms with Gasteiger partial charge in [0, 0.05) is 23.1 Å². The van der Waals surface area contributed by atoms with Crippen molar-refractivity contribution in [2.75, 3.05) is 14.9 Å². The number of anilines is 3. The zero-order valence-electron chi connectivity index (χ0n) is 15.1. The van der Waals surface area contributed by atoms with Crippen molar-refractivity contribution < 1.29 is 8.42 Å². The quantitative estimate of drug-likeness (QED) is 0.589. The van der Waals surface area contributed by atoms with Crippen LogP contribution in [-0.4, -0.2) is 19.6 Å². The molecule has 0 radical (unpaired) electrons. The van der Waals surface area contributed by atoms with Gasteiger partial charge in [0.05, 0.1) is 0 Å². The van der Waals surface area contributed by atoms with E-state index in [1.54, 1.807) is 23.6 Å². The number of fused-ring (bicyclic) bond motifs is 1. The van der Waals surface area contributed by atoms with Crippen LogP contribution in [0.15, 0.2) is 70.3 Å². The Morgan fingerprint density at radius 2 is 1.93 bits per heavy atom. The summed E-state index contributed by atoms with van der Waals surface area (Å²) in [6.07, 6.45) is 0.728. The zero-order valence-corrected chi connectivity index (χ0v) is 17.6. The van der Waals surface area contributed by atoms with Gasteiger partial charge in [-0.25, -0.2) is 8.42 Å². The molecule has 0 aliphatic carbocycles. The Bertz CT molecular complexity index is 1100.